The van der Waals surface area contributed by atoms with Crippen molar-refractivity contribution in [2.24, 2.45) is 5.92 Å². The molecule has 21 heavy (non-hydrogen) atoms. The van der Waals surface area contributed by atoms with Gasteiger partial charge >= 0.3 is 0 Å². The van der Waals surface area contributed by atoms with Gasteiger partial charge in [0, 0.05) is 37.6 Å². The number of alkyl halides is 1. The minimum absolute atomic E-state index is 0.259. The average molecular weight is 349 g/mol. The van der Waals surface area contributed by atoms with Gasteiger partial charge in [-0.1, -0.05) is 0 Å². The molecule has 2 heterocycles. The average Bonchev–Trinajstić information content (AvgIpc) is 3.19. The highest BCUT2D eigenvalue weighted by Crippen LogP contribution is 2.32. The van der Waals surface area contributed by atoms with E-state index in [0.717, 1.165) is 36.0 Å². The molecule has 7 heteroatoms. The van der Waals surface area contributed by atoms with Crippen LogP contribution in [-0.4, -0.2) is 50.3 Å². The summed E-state index contributed by atoms with van der Waals surface area (Å²) < 4.78 is 27.3. The van der Waals surface area contributed by atoms with Crippen LogP contribution in [0.1, 0.15) is 23.3 Å². The largest absolute Gasteiger partial charge is 0.300 e. The Hall–Kier alpha value is -0.140. The van der Waals surface area contributed by atoms with Gasteiger partial charge in [-0.25, -0.2) is 8.42 Å². The first kappa shape index (κ1) is 15.7. The predicted molar refractivity (Wildman–Crippen MR) is 86.5 cm³/mol. The number of rotatable bonds is 5. The van der Waals surface area contributed by atoms with Crippen LogP contribution in [0.15, 0.2) is 10.3 Å². The number of thiophene rings is 1. The Morgan fingerprint density at radius 1 is 1.29 bits per heavy atom. The second-order valence-corrected chi connectivity index (χ2v) is 9.06. The lowest BCUT2D eigenvalue weighted by Crippen LogP contribution is -2.49. The molecule has 1 aromatic heterocycles. The van der Waals surface area contributed by atoms with Gasteiger partial charge in [-0.05, 0) is 36.6 Å². The van der Waals surface area contributed by atoms with Crippen molar-refractivity contribution >= 4 is 33.0 Å². The van der Waals surface area contributed by atoms with Gasteiger partial charge in [-0.3, -0.25) is 0 Å². The monoisotopic (exact) mass is 348 g/mol. The van der Waals surface area contributed by atoms with Crippen molar-refractivity contribution in [2.75, 3.05) is 32.7 Å². The Morgan fingerprint density at radius 3 is 2.52 bits per heavy atom. The van der Waals surface area contributed by atoms with Gasteiger partial charge in [0.15, 0.2) is 0 Å². The molecule has 1 aliphatic heterocycles. The molecule has 0 radical (unpaired) electrons. The summed E-state index contributed by atoms with van der Waals surface area (Å²) in [5.74, 6) is 1.12. The quantitative estimate of drug-likeness (QED) is 0.768. The SMILES string of the molecule is Cc1csc(CCl)c1S(=O)(=O)N1CCN(CC2CC2)CC1. The van der Waals surface area contributed by atoms with Crippen LogP contribution in [-0.2, 0) is 15.9 Å². The Bertz CT molecular complexity index is 602. The highest BCUT2D eigenvalue weighted by atomic mass is 35.5. The van der Waals surface area contributed by atoms with E-state index in [9.17, 15) is 8.42 Å². The fourth-order valence-corrected chi connectivity index (χ4v) is 6.31. The molecule has 0 unspecified atom stereocenters. The highest BCUT2D eigenvalue weighted by molar-refractivity contribution is 7.89. The van der Waals surface area contributed by atoms with E-state index in [1.54, 1.807) is 4.31 Å². The summed E-state index contributed by atoms with van der Waals surface area (Å²) in [7, 11) is -3.40. The van der Waals surface area contributed by atoms with Crippen LogP contribution >= 0.6 is 22.9 Å². The molecule has 0 N–H and O–H groups in total. The topological polar surface area (TPSA) is 40.6 Å². The number of aryl methyl sites for hydroxylation is 1. The first-order chi connectivity index (χ1) is 10.0. The van der Waals surface area contributed by atoms with Crippen LogP contribution in [0.25, 0.3) is 0 Å². The van der Waals surface area contributed by atoms with E-state index < -0.39 is 10.0 Å². The van der Waals surface area contributed by atoms with Gasteiger partial charge in [0.25, 0.3) is 0 Å². The third-order valence-electron chi connectivity index (χ3n) is 4.25. The second-order valence-electron chi connectivity index (χ2n) is 5.95. The lowest BCUT2D eigenvalue weighted by Gasteiger charge is -2.34. The number of halogens is 1. The number of hydrogen-bond acceptors (Lipinski definition) is 4. The molecule has 1 aromatic rings. The van der Waals surface area contributed by atoms with Crippen LogP contribution in [0.5, 0.6) is 0 Å². The zero-order valence-corrected chi connectivity index (χ0v) is 14.6. The summed E-state index contributed by atoms with van der Waals surface area (Å²) in [4.78, 5) is 3.60. The number of nitrogens with zero attached hydrogens (tertiary/aromatic N) is 2. The van der Waals surface area contributed by atoms with Crippen LogP contribution < -0.4 is 0 Å². The molecular formula is C14H21ClN2O2S2. The molecule has 3 rings (SSSR count). The molecule has 1 saturated heterocycles. The fourth-order valence-electron chi connectivity index (χ4n) is 2.87. The van der Waals surface area contributed by atoms with Gasteiger partial charge in [0.2, 0.25) is 10.0 Å². The predicted octanol–water partition coefficient (Wildman–Crippen LogP) is 2.51. The van der Waals surface area contributed by atoms with E-state index in [4.69, 9.17) is 11.6 Å². The molecule has 1 aliphatic carbocycles. The lowest BCUT2D eigenvalue weighted by atomic mass is 10.3. The summed E-state index contributed by atoms with van der Waals surface area (Å²) in [6.45, 7) is 5.85. The van der Waals surface area contributed by atoms with E-state index >= 15 is 0 Å². The third-order valence-corrected chi connectivity index (χ3v) is 8.04. The van der Waals surface area contributed by atoms with E-state index in [1.165, 1.54) is 24.2 Å². The van der Waals surface area contributed by atoms with Gasteiger partial charge in [-0.2, -0.15) is 4.31 Å². The Labute approximate surface area is 135 Å². The summed E-state index contributed by atoms with van der Waals surface area (Å²) in [5, 5.41) is 1.88. The number of hydrogen-bond donors (Lipinski definition) is 0. The molecule has 0 aromatic carbocycles. The lowest BCUT2D eigenvalue weighted by molar-refractivity contribution is 0.182. The smallest absolute Gasteiger partial charge is 0.244 e. The van der Waals surface area contributed by atoms with Crippen molar-refractivity contribution in [3.8, 4) is 0 Å². The van der Waals surface area contributed by atoms with Crippen LogP contribution in [0, 0.1) is 12.8 Å². The van der Waals surface area contributed by atoms with Crippen molar-refractivity contribution in [2.45, 2.75) is 30.5 Å². The molecule has 0 spiro atoms. The van der Waals surface area contributed by atoms with Crippen LogP contribution in [0.4, 0.5) is 0 Å². The van der Waals surface area contributed by atoms with Crippen molar-refractivity contribution in [1.29, 1.82) is 0 Å². The zero-order chi connectivity index (χ0) is 15.0. The molecule has 118 valence electrons. The second kappa shape index (κ2) is 6.16. The summed E-state index contributed by atoms with van der Waals surface area (Å²) in [6.07, 6.45) is 2.68. The first-order valence-electron chi connectivity index (χ1n) is 7.38. The molecule has 4 nitrogen and oxygen atoms in total. The van der Waals surface area contributed by atoms with E-state index in [0.29, 0.717) is 18.0 Å². The Morgan fingerprint density at radius 2 is 1.95 bits per heavy atom. The van der Waals surface area contributed by atoms with Gasteiger partial charge < -0.3 is 4.90 Å². The maximum absolute atomic E-state index is 12.8. The molecule has 2 fully saturated rings. The molecule has 0 atom stereocenters. The van der Waals surface area contributed by atoms with Crippen molar-refractivity contribution in [1.82, 2.24) is 9.21 Å². The third kappa shape index (κ3) is 3.29. The maximum atomic E-state index is 12.8. The zero-order valence-electron chi connectivity index (χ0n) is 12.2. The van der Waals surface area contributed by atoms with Gasteiger partial charge in [-0.15, -0.1) is 22.9 Å². The van der Waals surface area contributed by atoms with Crippen molar-refractivity contribution in [3.63, 3.8) is 0 Å². The minimum Gasteiger partial charge on any atom is -0.300 e. The van der Waals surface area contributed by atoms with Crippen molar-refractivity contribution < 1.29 is 8.42 Å². The molecule has 0 bridgehead atoms. The van der Waals surface area contributed by atoms with Crippen LogP contribution in [0.2, 0.25) is 0 Å². The van der Waals surface area contributed by atoms with Gasteiger partial charge in [0.1, 0.15) is 4.90 Å². The standard InChI is InChI=1S/C14H21ClN2O2S2/c1-11-10-20-13(8-15)14(11)21(18,19)17-6-4-16(5-7-17)9-12-2-3-12/h10,12H,2-9H2,1H3. The Kier molecular flexibility index (Phi) is 4.62. The number of sulfonamides is 1. The van der Waals surface area contributed by atoms with E-state index in [1.807, 2.05) is 12.3 Å². The molecular weight excluding hydrogens is 328 g/mol. The summed E-state index contributed by atoms with van der Waals surface area (Å²) in [6, 6.07) is 0. The normalized spacial score (nSPS) is 21.8. The van der Waals surface area contributed by atoms with E-state index in [2.05, 4.69) is 4.90 Å². The number of piperazine rings is 1. The summed E-state index contributed by atoms with van der Waals surface area (Å²) >= 11 is 7.33. The maximum Gasteiger partial charge on any atom is 0.244 e. The molecule has 0 amide bonds. The molecule has 2 aliphatic rings. The molecule has 1 saturated carbocycles. The Balaban J connectivity index is 1.72. The fraction of sp³-hybridized carbons (Fsp3) is 0.714. The van der Waals surface area contributed by atoms with Crippen molar-refractivity contribution in [3.05, 3.63) is 15.8 Å². The highest BCUT2D eigenvalue weighted by Gasteiger charge is 2.33. The van der Waals surface area contributed by atoms with Gasteiger partial charge in [0.05, 0.1) is 5.88 Å². The first-order valence-corrected chi connectivity index (χ1v) is 10.2. The van der Waals surface area contributed by atoms with Crippen LogP contribution in [0.3, 0.4) is 0 Å². The van der Waals surface area contributed by atoms with E-state index in [-0.39, 0.29) is 5.88 Å². The minimum atomic E-state index is -3.40. The summed E-state index contributed by atoms with van der Waals surface area (Å²) in [5.41, 5.74) is 0.816.